The van der Waals surface area contributed by atoms with Gasteiger partial charge in [0.05, 0.1) is 31.0 Å². The van der Waals surface area contributed by atoms with Crippen LogP contribution in [0, 0.1) is 34.1 Å². The van der Waals surface area contributed by atoms with Gasteiger partial charge in [-0.3, -0.25) is 20.2 Å². The second-order valence-electron chi connectivity index (χ2n) is 11.3. The summed E-state index contributed by atoms with van der Waals surface area (Å²) in [4.78, 5) is 19.6. The Labute approximate surface area is 341 Å². The Kier molecular flexibility index (Phi) is 13.0. The van der Waals surface area contributed by atoms with Crippen molar-refractivity contribution in [3.63, 3.8) is 0 Å². The third-order valence-corrected chi connectivity index (χ3v) is 9.54. The Hall–Kier alpha value is -5.48. The number of nitro groups is 2. The molecule has 0 unspecified atom stereocenters. The van der Waals surface area contributed by atoms with E-state index in [0.717, 1.165) is 12.1 Å². The predicted molar refractivity (Wildman–Crippen MR) is 197 cm³/mol. The van der Waals surface area contributed by atoms with E-state index in [2.05, 4.69) is 20.5 Å². The van der Waals surface area contributed by atoms with Gasteiger partial charge < -0.3 is 19.3 Å². The summed E-state index contributed by atoms with van der Waals surface area (Å²) >= 11 is 0. The van der Waals surface area contributed by atoms with Crippen molar-refractivity contribution >= 4 is 114 Å². The molecule has 0 amide bonds. The molecule has 0 aliphatic rings. The summed E-state index contributed by atoms with van der Waals surface area (Å²) in [5.74, 6) is -0.768. The molecule has 0 spiro atoms. The van der Waals surface area contributed by atoms with E-state index < -0.39 is 39.9 Å². The van der Waals surface area contributed by atoms with Gasteiger partial charge >= 0.3 is 37.7 Å². The summed E-state index contributed by atoms with van der Waals surface area (Å²) in [5, 5.41) is 58.3. The van der Waals surface area contributed by atoms with Crippen LogP contribution in [0.25, 0.3) is 21.5 Å². The van der Waals surface area contributed by atoms with Gasteiger partial charge in [-0.1, -0.05) is 48.5 Å². The van der Waals surface area contributed by atoms with Gasteiger partial charge in [0.2, 0.25) is 0 Å². The van der Waals surface area contributed by atoms with E-state index in [9.17, 15) is 56.4 Å². The van der Waals surface area contributed by atoms with Crippen LogP contribution in [0.4, 0.5) is 34.1 Å². The number of fused-ring (bicyclic) bond motifs is 2. The van der Waals surface area contributed by atoms with Crippen LogP contribution < -0.4 is 0 Å². The summed E-state index contributed by atoms with van der Waals surface area (Å²) in [7, 11) is -9.66. The zero-order chi connectivity index (χ0) is 39.5. The van der Waals surface area contributed by atoms with Crippen LogP contribution in [0.2, 0.25) is 0 Å². The number of aromatic hydroxyl groups is 2. The van der Waals surface area contributed by atoms with Crippen molar-refractivity contribution in [3.8, 4) is 11.5 Å². The zero-order valence-electron chi connectivity index (χ0n) is 28.4. The first-order valence-electron chi connectivity index (χ1n) is 15.1. The summed E-state index contributed by atoms with van der Waals surface area (Å²) in [6.07, 6.45) is 0. The van der Waals surface area contributed by atoms with Crippen LogP contribution in [-0.2, 0) is 20.2 Å². The van der Waals surface area contributed by atoms with E-state index in [-0.39, 0.29) is 94.1 Å². The molecule has 0 bridgehead atoms. The normalized spacial score (nSPS) is 11.7. The number of phenols is 2. The van der Waals surface area contributed by atoms with Crippen LogP contribution in [0.5, 0.6) is 11.5 Å². The molecule has 55 heavy (non-hydrogen) atoms. The minimum absolute atomic E-state index is 0. The predicted octanol–water partition coefficient (Wildman–Crippen LogP) is 7.78. The molecule has 276 valence electrons. The second kappa shape index (κ2) is 16.9. The van der Waals surface area contributed by atoms with E-state index in [4.69, 9.17) is 0 Å². The molecule has 0 heterocycles. The Bertz CT molecular complexity index is 2610. The van der Waals surface area contributed by atoms with Crippen molar-refractivity contribution < 1.29 is 46.0 Å². The number of nitro benzene ring substituents is 2. The number of aryl methyl sites for hydroxylation is 2. The van der Waals surface area contributed by atoms with Crippen LogP contribution >= 0.6 is 0 Å². The molecule has 6 aromatic rings. The molecule has 0 aliphatic carbocycles. The molecular formula is C34H24CaN6O12S2. The Morgan fingerprint density at radius 1 is 0.545 bits per heavy atom. The van der Waals surface area contributed by atoms with E-state index in [1.54, 1.807) is 26.0 Å². The van der Waals surface area contributed by atoms with Gasteiger partial charge in [-0.2, -0.15) is 0 Å². The third-order valence-electron chi connectivity index (χ3n) is 7.78. The molecule has 18 nitrogen and oxygen atoms in total. The smallest absolute Gasteiger partial charge is 0.744 e. The number of hydrogen-bond donors (Lipinski definition) is 2. The minimum atomic E-state index is -4.83. The van der Waals surface area contributed by atoms with E-state index in [1.165, 1.54) is 72.8 Å². The van der Waals surface area contributed by atoms with Crippen LogP contribution in [0.3, 0.4) is 0 Å². The molecule has 6 aromatic carbocycles. The average Bonchev–Trinajstić information content (AvgIpc) is 3.10. The standard InChI is InChI=1S/2C17H13N3O6S.Ca/c2*1-10-5-7-12(20(22)23)9-13(10)18-19-17-14(21)8-6-11-3-2-4-15(16(11)17)27(24,25)26;/h2*2-9,21H,1H3,(H,24,25,26);/q;;+2/p-2. The third kappa shape index (κ3) is 9.61. The Balaban J connectivity index is 0.000000240. The fourth-order valence-corrected chi connectivity index (χ4v) is 6.52. The number of benzene rings is 6. The van der Waals surface area contributed by atoms with Gasteiger partial charge in [0.15, 0.2) is 0 Å². The van der Waals surface area contributed by atoms with Gasteiger partial charge in [0, 0.05) is 35.0 Å². The Morgan fingerprint density at radius 2 is 0.909 bits per heavy atom. The average molecular weight is 813 g/mol. The van der Waals surface area contributed by atoms with Crippen LogP contribution in [-0.4, -0.2) is 83.7 Å². The van der Waals surface area contributed by atoms with Crippen molar-refractivity contribution in [1.29, 1.82) is 0 Å². The molecule has 2 N–H and O–H groups in total. The van der Waals surface area contributed by atoms with Gasteiger partial charge in [0.1, 0.15) is 43.1 Å². The largest absolute Gasteiger partial charge is 2.00 e. The summed E-state index contributed by atoms with van der Waals surface area (Å²) in [5.41, 5.74) is 0.688. The van der Waals surface area contributed by atoms with Gasteiger partial charge in [0.25, 0.3) is 11.4 Å². The molecule has 0 aliphatic heterocycles. The van der Waals surface area contributed by atoms with E-state index in [0.29, 0.717) is 21.9 Å². The maximum absolute atomic E-state index is 11.6. The number of hydrogen-bond acceptors (Lipinski definition) is 16. The number of non-ortho nitro benzene ring substituents is 2. The maximum atomic E-state index is 11.6. The Morgan fingerprint density at radius 3 is 1.24 bits per heavy atom. The van der Waals surface area contributed by atoms with Gasteiger partial charge in [-0.25, -0.2) is 16.8 Å². The summed E-state index contributed by atoms with van der Waals surface area (Å²) < 4.78 is 69.4. The fraction of sp³-hybridized carbons (Fsp3) is 0.0588. The molecule has 0 saturated carbocycles. The molecule has 0 fully saturated rings. The second-order valence-corrected chi connectivity index (χ2v) is 14.0. The fourth-order valence-electron chi connectivity index (χ4n) is 5.10. The SMILES string of the molecule is Cc1ccc([N+](=O)[O-])cc1N=Nc1c(O)ccc2cccc(S(=O)(=O)[O-])c12.Cc1ccc([N+](=O)[O-])cc1N=Nc1c(O)ccc2cccc(S(=O)(=O)[O-])c12.[Ca+2]. The van der Waals surface area contributed by atoms with Gasteiger partial charge in [-0.05, 0) is 60.0 Å². The zero-order valence-corrected chi connectivity index (χ0v) is 32.3. The molecule has 0 atom stereocenters. The van der Waals surface area contributed by atoms with Crippen LogP contribution in [0.1, 0.15) is 11.1 Å². The molecule has 0 aromatic heterocycles. The summed E-state index contributed by atoms with van der Waals surface area (Å²) in [6.45, 7) is 3.32. The maximum Gasteiger partial charge on any atom is 2.00 e. The van der Waals surface area contributed by atoms with E-state index in [1.807, 2.05) is 0 Å². The van der Waals surface area contributed by atoms with Crippen LogP contribution in [0.15, 0.2) is 127 Å². The summed E-state index contributed by atoms with van der Waals surface area (Å²) in [6, 6.07) is 21.6. The van der Waals surface area contributed by atoms with Crippen molar-refractivity contribution in [3.05, 3.63) is 128 Å². The quantitative estimate of drug-likeness (QED) is 0.0489. The first-order valence-corrected chi connectivity index (χ1v) is 17.9. The first-order chi connectivity index (χ1) is 25.4. The van der Waals surface area contributed by atoms with Crippen molar-refractivity contribution in [2.24, 2.45) is 20.5 Å². The first kappa shape index (κ1) is 42.3. The molecule has 0 radical (unpaired) electrons. The molecule has 0 saturated heterocycles. The van der Waals surface area contributed by atoms with Crippen molar-refractivity contribution in [1.82, 2.24) is 0 Å². The van der Waals surface area contributed by atoms with E-state index >= 15 is 0 Å². The molecular weight excluding hydrogens is 789 g/mol. The van der Waals surface area contributed by atoms with Crippen molar-refractivity contribution in [2.75, 3.05) is 0 Å². The monoisotopic (exact) mass is 812 g/mol. The van der Waals surface area contributed by atoms with Gasteiger partial charge in [-0.15, -0.1) is 20.5 Å². The number of nitrogens with zero attached hydrogens (tertiary/aromatic N) is 6. The van der Waals surface area contributed by atoms with Crippen molar-refractivity contribution in [2.45, 2.75) is 23.6 Å². The molecule has 6 rings (SSSR count). The molecule has 21 heteroatoms. The number of rotatable bonds is 8. The topological polar surface area (TPSA) is 291 Å². The number of phenolic OH excluding ortho intramolecular Hbond substituents is 2. The minimum Gasteiger partial charge on any atom is -0.744 e. The number of azo groups is 2.